The van der Waals surface area contributed by atoms with Crippen molar-refractivity contribution in [2.24, 2.45) is 33.7 Å². The van der Waals surface area contributed by atoms with Gasteiger partial charge in [-0.05, 0) is 62.2 Å². The highest BCUT2D eigenvalue weighted by molar-refractivity contribution is 5.91. The van der Waals surface area contributed by atoms with E-state index in [0.717, 1.165) is 50.7 Å². The normalized spacial score (nSPS) is 18.2. The smallest absolute Gasteiger partial charge is 0.331 e. The summed E-state index contributed by atoms with van der Waals surface area (Å²) in [5.74, 6) is 1.17. The Hall–Kier alpha value is -2.56. The number of carbonyl (C=O) groups is 2. The van der Waals surface area contributed by atoms with E-state index in [9.17, 15) is 19.2 Å². The maximum Gasteiger partial charge on any atom is 0.331 e. The fraction of sp³-hybridized carbons (Fsp3) is 0.800. The molecule has 0 radical (unpaired) electrons. The molecule has 2 fully saturated rings. The highest BCUT2D eigenvalue weighted by atomic mass is 16.5. The van der Waals surface area contributed by atoms with Crippen LogP contribution in [0.25, 0.3) is 0 Å². The molecule has 38 heavy (non-hydrogen) atoms. The molecule has 0 aromatic carbocycles. The summed E-state index contributed by atoms with van der Waals surface area (Å²) in [6, 6.07) is 0. The average Bonchev–Trinajstić information content (AvgIpc) is 2.95. The van der Waals surface area contributed by atoms with Crippen molar-refractivity contribution in [3.8, 4) is 0 Å². The predicted molar refractivity (Wildman–Crippen MR) is 145 cm³/mol. The maximum atomic E-state index is 12.0. The Kier molecular flexibility index (Phi) is 17.0. The van der Waals surface area contributed by atoms with Gasteiger partial charge in [-0.2, -0.15) is 0 Å². The van der Waals surface area contributed by atoms with Crippen LogP contribution in [0.2, 0.25) is 0 Å². The number of isocyanates is 2. The van der Waals surface area contributed by atoms with Crippen LogP contribution in [0.5, 0.6) is 0 Å². The Balaban J connectivity index is 1.62. The Morgan fingerprint density at radius 2 is 1.05 bits per heavy atom. The van der Waals surface area contributed by atoms with Gasteiger partial charge in [0.1, 0.15) is 0 Å². The number of hydrogen-bond acceptors (Lipinski definition) is 8. The van der Waals surface area contributed by atoms with Gasteiger partial charge >= 0.3 is 11.9 Å². The molecular weight excluding hydrogens is 484 g/mol. The second-order valence-corrected chi connectivity index (χ2v) is 10.8. The van der Waals surface area contributed by atoms with Gasteiger partial charge < -0.3 is 9.47 Å². The van der Waals surface area contributed by atoms with Crippen molar-refractivity contribution in [2.45, 2.75) is 103 Å². The molecule has 0 spiro atoms. The summed E-state index contributed by atoms with van der Waals surface area (Å²) in [4.78, 5) is 52.3. The van der Waals surface area contributed by atoms with Crippen molar-refractivity contribution in [2.75, 3.05) is 26.3 Å². The second-order valence-electron chi connectivity index (χ2n) is 10.8. The highest BCUT2D eigenvalue weighted by Crippen LogP contribution is 2.35. The van der Waals surface area contributed by atoms with Crippen LogP contribution in [0.4, 0.5) is 0 Å². The van der Waals surface area contributed by atoms with Crippen LogP contribution < -0.4 is 0 Å². The van der Waals surface area contributed by atoms with E-state index in [1.54, 1.807) is 12.2 Å². The van der Waals surface area contributed by atoms with Gasteiger partial charge in [-0.15, -0.1) is 0 Å². The summed E-state index contributed by atoms with van der Waals surface area (Å²) in [5, 5.41) is 0. The van der Waals surface area contributed by atoms with Gasteiger partial charge in [-0.25, -0.2) is 29.2 Å². The number of carbonyl (C=O) groups excluding carboxylic acids is 4. The molecule has 0 N–H and O–H groups in total. The summed E-state index contributed by atoms with van der Waals surface area (Å²) in [7, 11) is 0. The third kappa shape index (κ3) is 13.8. The van der Waals surface area contributed by atoms with Gasteiger partial charge in [0.05, 0.1) is 26.3 Å². The average molecular weight is 531 g/mol. The van der Waals surface area contributed by atoms with E-state index in [-0.39, 0.29) is 0 Å². The molecule has 0 saturated heterocycles. The SMILES string of the molecule is O=C=NCCC(CCCOC(=O)C=CC(=O)OCCCC(CCN=C=O)C1CCCCC1)C1CCCCC1. The van der Waals surface area contributed by atoms with E-state index in [4.69, 9.17) is 9.47 Å². The van der Waals surface area contributed by atoms with E-state index >= 15 is 0 Å². The number of esters is 2. The van der Waals surface area contributed by atoms with Gasteiger partial charge in [0.25, 0.3) is 0 Å². The zero-order valence-corrected chi connectivity index (χ0v) is 23.0. The lowest BCUT2D eigenvalue weighted by molar-refractivity contribution is -0.140. The van der Waals surface area contributed by atoms with E-state index in [1.165, 1.54) is 64.2 Å². The first-order valence-electron chi connectivity index (χ1n) is 14.7. The minimum Gasteiger partial charge on any atom is -0.463 e. The lowest BCUT2D eigenvalue weighted by atomic mass is 9.76. The van der Waals surface area contributed by atoms with E-state index in [0.29, 0.717) is 50.0 Å². The molecule has 2 aliphatic carbocycles. The Labute approximate surface area is 227 Å². The van der Waals surface area contributed by atoms with Crippen LogP contribution in [-0.2, 0) is 28.7 Å². The molecule has 2 atom stereocenters. The van der Waals surface area contributed by atoms with Crippen LogP contribution in [0, 0.1) is 23.7 Å². The number of nitrogens with zero attached hydrogens (tertiary/aromatic N) is 2. The van der Waals surface area contributed by atoms with E-state index in [1.807, 2.05) is 0 Å². The molecule has 8 nitrogen and oxygen atoms in total. The standard InChI is InChI=1S/C30H46N2O6/c33-23-31-19-17-27(25-9-3-1-4-10-25)13-7-21-37-29(35)15-16-30(36)38-22-8-14-28(18-20-32-24-34)26-11-5-2-6-12-26/h15-16,25-28H,1-14,17-22H2. The Morgan fingerprint density at radius 1 is 0.658 bits per heavy atom. The molecule has 0 amide bonds. The van der Waals surface area contributed by atoms with Gasteiger partial charge in [0, 0.05) is 12.2 Å². The fourth-order valence-corrected chi connectivity index (χ4v) is 6.26. The van der Waals surface area contributed by atoms with Crippen LogP contribution in [0.15, 0.2) is 22.1 Å². The van der Waals surface area contributed by atoms with Crippen molar-refractivity contribution in [3.63, 3.8) is 0 Å². The highest BCUT2D eigenvalue weighted by Gasteiger charge is 2.24. The van der Waals surface area contributed by atoms with Crippen molar-refractivity contribution >= 4 is 24.1 Å². The molecular formula is C30H46N2O6. The maximum absolute atomic E-state index is 12.0. The van der Waals surface area contributed by atoms with Crippen LogP contribution in [0.1, 0.15) is 103 Å². The van der Waals surface area contributed by atoms with Crippen LogP contribution in [-0.4, -0.2) is 50.4 Å². The zero-order chi connectivity index (χ0) is 27.3. The number of ether oxygens (including phenoxy) is 2. The molecule has 0 aliphatic heterocycles. The molecule has 2 rings (SSSR count). The van der Waals surface area contributed by atoms with E-state index < -0.39 is 11.9 Å². The van der Waals surface area contributed by atoms with E-state index in [2.05, 4.69) is 9.98 Å². The minimum atomic E-state index is -0.546. The van der Waals surface area contributed by atoms with Crippen molar-refractivity contribution in [3.05, 3.63) is 12.2 Å². The first-order chi connectivity index (χ1) is 18.6. The molecule has 0 aromatic heterocycles. The Morgan fingerprint density at radius 3 is 1.42 bits per heavy atom. The first-order valence-corrected chi connectivity index (χ1v) is 14.7. The topological polar surface area (TPSA) is 111 Å². The molecule has 2 aliphatic rings. The summed E-state index contributed by atoms with van der Waals surface area (Å²) in [6.45, 7) is 1.61. The number of rotatable bonds is 18. The quantitative estimate of drug-likeness (QED) is 0.0703. The molecule has 212 valence electrons. The van der Waals surface area contributed by atoms with Crippen LogP contribution in [0.3, 0.4) is 0 Å². The number of hydrogen-bond donors (Lipinski definition) is 0. The van der Waals surface area contributed by atoms with Crippen molar-refractivity contribution in [1.82, 2.24) is 0 Å². The van der Waals surface area contributed by atoms with Gasteiger partial charge in [0.15, 0.2) is 0 Å². The minimum absolute atomic E-state index is 0.301. The van der Waals surface area contributed by atoms with Crippen LogP contribution >= 0.6 is 0 Å². The summed E-state index contributed by atoms with van der Waals surface area (Å²) < 4.78 is 10.5. The lowest BCUT2D eigenvalue weighted by Crippen LogP contribution is -2.20. The van der Waals surface area contributed by atoms with Gasteiger partial charge in [-0.3, -0.25) is 0 Å². The molecule has 0 heterocycles. The summed E-state index contributed by atoms with van der Waals surface area (Å²) in [5.41, 5.74) is 0. The monoisotopic (exact) mass is 530 g/mol. The summed E-state index contributed by atoms with van der Waals surface area (Å²) >= 11 is 0. The predicted octanol–water partition coefficient (Wildman–Crippen LogP) is 6.03. The molecule has 2 unspecified atom stereocenters. The lowest BCUT2D eigenvalue weighted by Gasteiger charge is -2.30. The first kappa shape index (κ1) is 31.7. The summed E-state index contributed by atoms with van der Waals surface area (Å²) in [6.07, 6.45) is 23.1. The van der Waals surface area contributed by atoms with Gasteiger partial charge in [-0.1, -0.05) is 64.2 Å². The molecule has 0 bridgehead atoms. The number of aliphatic imine (C=N–C) groups is 2. The molecule has 8 heteroatoms. The van der Waals surface area contributed by atoms with Crippen molar-refractivity contribution in [1.29, 1.82) is 0 Å². The van der Waals surface area contributed by atoms with Crippen molar-refractivity contribution < 1.29 is 28.7 Å². The Bertz CT molecular complexity index is 738. The third-order valence-electron chi connectivity index (χ3n) is 8.27. The second kappa shape index (κ2) is 20.4. The zero-order valence-electron chi connectivity index (χ0n) is 23.0. The molecule has 0 aromatic rings. The van der Waals surface area contributed by atoms with Gasteiger partial charge in [0.2, 0.25) is 12.2 Å². The largest absolute Gasteiger partial charge is 0.463 e. The fourth-order valence-electron chi connectivity index (χ4n) is 6.26. The third-order valence-corrected chi connectivity index (χ3v) is 8.27. The molecule has 2 saturated carbocycles.